The summed E-state index contributed by atoms with van der Waals surface area (Å²) in [5, 5.41) is 7.58. The van der Waals surface area contributed by atoms with Crippen LogP contribution in [0, 0.1) is 6.92 Å². The van der Waals surface area contributed by atoms with Gasteiger partial charge in [-0.05, 0) is 42.5 Å². The average Bonchev–Trinajstić information content (AvgIpc) is 3.47. The summed E-state index contributed by atoms with van der Waals surface area (Å²) in [6.07, 6.45) is -0.628. The summed E-state index contributed by atoms with van der Waals surface area (Å²) in [4.78, 5) is 34.9. The molecule has 1 aromatic heterocycles. The van der Waals surface area contributed by atoms with Gasteiger partial charge in [-0.3, -0.25) is 9.80 Å². The van der Waals surface area contributed by atoms with Gasteiger partial charge >= 0.3 is 12.1 Å². The molecule has 0 bridgehead atoms. The largest absolute Gasteiger partial charge is 0.443 e. The highest BCUT2D eigenvalue weighted by atomic mass is 35.5. The number of hydrogen-bond acceptors (Lipinski definition) is 7. The molecular weight excluding hydrogens is 507 g/mol. The highest BCUT2D eigenvalue weighted by Gasteiger charge is 2.34. The summed E-state index contributed by atoms with van der Waals surface area (Å²) in [7, 11) is 0. The number of ether oxygens (including phenoxy) is 1. The Balaban J connectivity index is 1.11. The molecule has 2 aliphatic rings. The summed E-state index contributed by atoms with van der Waals surface area (Å²) in [6, 6.07) is 12.2. The minimum Gasteiger partial charge on any atom is -0.443 e. The van der Waals surface area contributed by atoms with Crippen molar-refractivity contribution in [1.29, 1.82) is 0 Å². The van der Waals surface area contributed by atoms with Crippen LogP contribution >= 0.6 is 23.2 Å². The van der Waals surface area contributed by atoms with Gasteiger partial charge in [0.05, 0.1) is 16.6 Å². The topological polar surface area (TPSA) is 104 Å². The molecule has 0 spiro atoms. The molecule has 0 radical (unpaired) electrons. The van der Waals surface area contributed by atoms with E-state index >= 15 is 0 Å². The first-order chi connectivity index (χ1) is 17.4. The second-order valence-electron chi connectivity index (χ2n) is 8.65. The van der Waals surface area contributed by atoms with Crippen molar-refractivity contribution in [2.75, 3.05) is 49.5 Å². The van der Waals surface area contributed by atoms with E-state index in [1.54, 1.807) is 34.9 Å². The zero-order chi connectivity index (χ0) is 25.2. The van der Waals surface area contributed by atoms with E-state index in [-0.39, 0.29) is 18.2 Å². The van der Waals surface area contributed by atoms with Crippen LogP contribution < -0.4 is 10.2 Å². The fraction of sp³-hybridized carbons (Fsp3) is 0.333. The molecule has 1 N–H and O–H groups in total. The minimum absolute atomic E-state index is 0.189. The molecule has 36 heavy (non-hydrogen) atoms. The average molecular weight is 531 g/mol. The Hall–Kier alpha value is -3.34. The van der Waals surface area contributed by atoms with E-state index in [4.69, 9.17) is 32.5 Å². The van der Waals surface area contributed by atoms with Crippen molar-refractivity contribution in [2.45, 2.75) is 13.0 Å². The highest BCUT2D eigenvalue weighted by molar-refractivity contribution is 6.42. The molecule has 3 aromatic rings. The smallest absolute Gasteiger partial charge is 0.414 e. The van der Waals surface area contributed by atoms with Gasteiger partial charge in [0, 0.05) is 56.6 Å². The lowest BCUT2D eigenvalue weighted by Gasteiger charge is -2.35. The molecule has 12 heteroatoms. The normalized spacial score (nSPS) is 18.4. The molecule has 10 nitrogen and oxygen atoms in total. The number of piperazine rings is 1. The van der Waals surface area contributed by atoms with Crippen molar-refractivity contribution in [1.82, 2.24) is 19.9 Å². The number of aryl methyl sites for hydroxylation is 1. The van der Waals surface area contributed by atoms with E-state index < -0.39 is 0 Å². The summed E-state index contributed by atoms with van der Waals surface area (Å²) in [5.74, 6) is 0.999. The van der Waals surface area contributed by atoms with Crippen molar-refractivity contribution in [3.8, 4) is 11.4 Å². The van der Waals surface area contributed by atoms with Crippen molar-refractivity contribution in [2.24, 2.45) is 0 Å². The van der Waals surface area contributed by atoms with Crippen LogP contribution in [-0.2, 0) is 4.74 Å². The Kier molecular flexibility index (Phi) is 6.99. The predicted molar refractivity (Wildman–Crippen MR) is 136 cm³/mol. The number of aromatic nitrogens is 2. The van der Waals surface area contributed by atoms with Crippen molar-refractivity contribution in [3.05, 3.63) is 58.4 Å². The van der Waals surface area contributed by atoms with Crippen LogP contribution in [0.5, 0.6) is 0 Å². The van der Waals surface area contributed by atoms with E-state index in [2.05, 4.69) is 20.4 Å². The predicted octanol–water partition coefficient (Wildman–Crippen LogP) is 4.53. The molecule has 5 rings (SSSR count). The van der Waals surface area contributed by atoms with Gasteiger partial charge in [-0.15, -0.1) is 0 Å². The molecular formula is C24H24Cl2N6O4. The van der Waals surface area contributed by atoms with Crippen molar-refractivity contribution < 1.29 is 18.8 Å². The summed E-state index contributed by atoms with van der Waals surface area (Å²) >= 11 is 12.0. The standard InChI is InChI=1S/C24H24Cl2N6O4/c1-15-27-22(29-36-15)16-2-5-18(6-3-16)32-14-19(35-24(32)34)13-30-8-10-31(11-9-30)23(33)28-17-4-7-20(25)21(26)12-17/h2-7,12,19H,8-11,13-14H2,1H3,(H,28,33). The maximum Gasteiger partial charge on any atom is 0.414 e. The fourth-order valence-corrected chi connectivity index (χ4v) is 4.53. The van der Waals surface area contributed by atoms with Gasteiger partial charge in [0.25, 0.3) is 0 Å². The van der Waals surface area contributed by atoms with Crippen LogP contribution in [0.3, 0.4) is 0 Å². The van der Waals surface area contributed by atoms with Crippen LogP contribution in [0.15, 0.2) is 47.0 Å². The number of urea groups is 1. The van der Waals surface area contributed by atoms with E-state index in [1.165, 1.54) is 0 Å². The molecule has 188 valence electrons. The number of amides is 3. The monoisotopic (exact) mass is 530 g/mol. The van der Waals surface area contributed by atoms with Crippen LogP contribution in [-0.4, -0.2) is 77.4 Å². The number of anilines is 2. The first-order valence-corrected chi connectivity index (χ1v) is 12.2. The van der Waals surface area contributed by atoms with Gasteiger partial charge < -0.3 is 19.5 Å². The molecule has 1 atom stereocenters. The number of nitrogens with zero attached hydrogens (tertiary/aromatic N) is 5. The lowest BCUT2D eigenvalue weighted by Crippen LogP contribution is -2.51. The number of benzene rings is 2. The first kappa shape index (κ1) is 24.4. The molecule has 0 aliphatic carbocycles. The van der Waals surface area contributed by atoms with Gasteiger partial charge in [-0.2, -0.15) is 4.98 Å². The second kappa shape index (κ2) is 10.3. The van der Waals surface area contributed by atoms with Gasteiger partial charge in [-0.25, -0.2) is 9.59 Å². The second-order valence-corrected chi connectivity index (χ2v) is 9.46. The molecule has 2 aliphatic heterocycles. The lowest BCUT2D eigenvalue weighted by atomic mass is 10.2. The molecule has 2 saturated heterocycles. The Labute approximate surface area is 217 Å². The molecule has 2 aromatic carbocycles. The number of cyclic esters (lactones) is 1. The van der Waals surface area contributed by atoms with Gasteiger partial charge in [-0.1, -0.05) is 28.4 Å². The number of halogens is 2. The summed E-state index contributed by atoms with van der Waals surface area (Å²) in [5.41, 5.74) is 2.14. The fourth-order valence-electron chi connectivity index (χ4n) is 4.23. The van der Waals surface area contributed by atoms with E-state index in [9.17, 15) is 9.59 Å². The van der Waals surface area contributed by atoms with E-state index in [0.29, 0.717) is 66.7 Å². The Bertz CT molecular complexity index is 1260. The first-order valence-electron chi connectivity index (χ1n) is 11.5. The highest BCUT2D eigenvalue weighted by Crippen LogP contribution is 2.27. The van der Waals surface area contributed by atoms with E-state index in [1.807, 2.05) is 24.3 Å². The summed E-state index contributed by atoms with van der Waals surface area (Å²) < 4.78 is 10.6. The molecule has 0 saturated carbocycles. The van der Waals surface area contributed by atoms with Crippen molar-refractivity contribution in [3.63, 3.8) is 0 Å². The Morgan fingerprint density at radius 2 is 1.83 bits per heavy atom. The third-order valence-electron chi connectivity index (χ3n) is 6.13. The van der Waals surface area contributed by atoms with Crippen LogP contribution in [0.4, 0.5) is 21.0 Å². The quantitative estimate of drug-likeness (QED) is 0.516. The van der Waals surface area contributed by atoms with Gasteiger partial charge in [0.15, 0.2) is 0 Å². The summed E-state index contributed by atoms with van der Waals surface area (Å²) in [6.45, 7) is 5.28. The maximum atomic E-state index is 12.6. The lowest BCUT2D eigenvalue weighted by molar-refractivity contribution is 0.0863. The number of rotatable bonds is 5. The van der Waals surface area contributed by atoms with Gasteiger partial charge in [0.2, 0.25) is 11.7 Å². The number of carbonyl (C=O) groups excluding carboxylic acids is 2. The Morgan fingerprint density at radius 1 is 1.08 bits per heavy atom. The van der Waals surface area contributed by atoms with Crippen LogP contribution in [0.25, 0.3) is 11.4 Å². The van der Waals surface area contributed by atoms with Gasteiger partial charge in [0.1, 0.15) is 6.10 Å². The SMILES string of the molecule is Cc1nc(-c2ccc(N3CC(CN4CCN(C(=O)Nc5ccc(Cl)c(Cl)c5)CC4)OC3=O)cc2)no1. The van der Waals surface area contributed by atoms with E-state index in [0.717, 1.165) is 11.3 Å². The molecule has 1 unspecified atom stereocenters. The molecule has 3 heterocycles. The number of carbonyl (C=O) groups is 2. The van der Waals surface area contributed by atoms with Crippen LogP contribution in [0.2, 0.25) is 10.0 Å². The number of hydrogen-bond donors (Lipinski definition) is 1. The third kappa shape index (κ3) is 5.40. The zero-order valence-electron chi connectivity index (χ0n) is 19.5. The maximum absolute atomic E-state index is 12.6. The minimum atomic E-state index is -0.372. The Morgan fingerprint density at radius 3 is 2.50 bits per heavy atom. The third-order valence-corrected chi connectivity index (χ3v) is 6.87. The molecule has 3 amide bonds. The number of nitrogens with one attached hydrogen (secondary N) is 1. The van der Waals surface area contributed by atoms with Crippen molar-refractivity contribution >= 4 is 46.7 Å². The zero-order valence-corrected chi connectivity index (χ0v) is 21.0. The molecule has 2 fully saturated rings. The van der Waals surface area contributed by atoms with Crippen LogP contribution in [0.1, 0.15) is 5.89 Å².